The number of carbonyl (C=O) groups excluding carboxylic acids is 1. The molecule has 0 bridgehead atoms. The van der Waals surface area contributed by atoms with Gasteiger partial charge in [-0.1, -0.05) is 0 Å². The summed E-state index contributed by atoms with van der Waals surface area (Å²) in [6.45, 7) is 0. The lowest BCUT2D eigenvalue weighted by Gasteiger charge is -2.06. The number of hydrogen-bond donors (Lipinski definition) is 2. The molecule has 1 amide bonds. The highest BCUT2D eigenvalue weighted by molar-refractivity contribution is 9.12. The molecule has 104 valence electrons. The summed E-state index contributed by atoms with van der Waals surface area (Å²) in [6.07, 6.45) is 0. The maximum atomic E-state index is 12.0. The third-order valence-corrected chi connectivity index (χ3v) is 4.68. The number of phenols is 1. The second-order valence-corrected chi connectivity index (χ2v) is 7.40. The van der Waals surface area contributed by atoms with Crippen molar-refractivity contribution in [2.75, 3.05) is 5.32 Å². The zero-order chi connectivity index (χ0) is 14.9. The van der Waals surface area contributed by atoms with E-state index in [0.29, 0.717) is 9.35 Å². The normalized spacial score (nSPS) is 10.3. The monoisotopic (exact) mass is 420 g/mol. The van der Waals surface area contributed by atoms with Gasteiger partial charge in [-0.05, 0) is 44.0 Å². The zero-order valence-corrected chi connectivity index (χ0v) is 13.6. The van der Waals surface area contributed by atoms with Crippen LogP contribution in [0.3, 0.4) is 0 Å². The summed E-state index contributed by atoms with van der Waals surface area (Å²) >= 11 is 7.82. The van der Waals surface area contributed by atoms with Crippen LogP contribution in [0, 0.1) is 10.1 Å². The van der Waals surface area contributed by atoms with Crippen LogP contribution in [0.15, 0.2) is 31.8 Å². The van der Waals surface area contributed by atoms with Gasteiger partial charge in [0, 0.05) is 12.1 Å². The lowest BCUT2D eigenvalue weighted by molar-refractivity contribution is -0.384. The molecule has 0 spiro atoms. The van der Waals surface area contributed by atoms with Gasteiger partial charge in [0.25, 0.3) is 11.6 Å². The molecule has 0 fully saturated rings. The van der Waals surface area contributed by atoms with Gasteiger partial charge in [-0.3, -0.25) is 14.9 Å². The maximum absolute atomic E-state index is 12.0. The van der Waals surface area contributed by atoms with Crippen LogP contribution in [-0.2, 0) is 0 Å². The standard InChI is InChI=1S/C11H6Br2N2O4S/c12-9-4-6(10(13)20-9)11(17)14-7-3-5(15(18)19)1-2-8(7)16/h1-4,16H,(H,14,17). The molecule has 0 saturated heterocycles. The minimum absolute atomic E-state index is 0.0153. The van der Waals surface area contributed by atoms with E-state index in [-0.39, 0.29) is 17.1 Å². The van der Waals surface area contributed by atoms with Gasteiger partial charge in [0.05, 0.1) is 23.7 Å². The van der Waals surface area contributed by atoms with E-state index in [9.17, 15) is 20.0 Å². The van der Waals surface area contributed by atoms with Crippen molar-refractivity contribution in [1.29, 1.82) is 0 Å². The number of thiophene rings is 1. The summed E-state index contributed by atoms with van der Waals surface area (Å²) in [6, 6.07) is 5.02. The van der Waals surface area contributed by atoms with Crippen LogP contribution in [-0.4, -0.2) is 15.9 Å². The molecule has 1 heterocycles. The molecule has 2 N–H and O–H groups in total. The predicted octanol–water partition coefficient (Wildman–Crippen LogP) is 4.14. The van der Waals surface area contributed by atoms with E-state index in [1.807, 2.05) is 0 Å². The summed E-state index contributed by atoms with van der Waals surface area (Å²) in [7, 11) is 0. The van der Waals surface area contributed by atoms with E-state index in [1.54, 1.807) is 6.07 Å². The smallest absolute Gasteiger partial charge is 0.271 e. The van der Waals surface area contributed by atoms with E-state index in [0.717, 1.165) is 22.0 Å². The number of amides is 1. The number of aromatic hydroxyl groups is 1. The molecule has 20 heavy (non-hydrogen) atoms. The van der Waals surface area contributed by atoms with Gasteiger partial charge >= 0.3 is 0 Å². The molecule has 0 radical (unpaired) electrons. The molecule has 9 heteroatoms. The quantitative estimate of drug-likeness (QED) is 0.442. The Morgan fingerprint density at radius 2 is 2.05 bits per heavy atom. The van der Waals surface area contributed by atoms with Crippen molar-refractivity contribution in [2.45, 2.75) is 0 Å². The lowest BCUT2D eigenvalue weighted by atomic mass is 10.2. The summed E-state index contributed by atoms with van der Waals surface area (Å²) < 4.78 is 1.38. The van der Waals surface area contributed by atoms with E-state index in [4.69, 9.17) is 0 Å². The molecule has 2 aromatic rings. The number of rotatable bonds is 3. The van der Waals surface area contributed by atoms with Crippen LogP contribution < -0.4 is 5.32 Å². The Kier molecular flexibility index (Phi) is 4.41. The Morgan fingerprint density at radius 1 is 1.35 bits per heavy atom. The van der Waals surface area contributed by atoms with Crippen molar-refractivity contribution in [2.24, 2.45) is 0 Å². The van der Waals surface area contributed by atoms with Gasteiger partial charge in [0.2, 0.25) is 0 Å². The van der Waals surface area contributed by atoms with Crippen molar-refractivity contribution < 1.29 is 14.8 Å². The number of phenolic OH excluding ortho intramolecular Hbond substituents is 1. The number of halogens is 2. The second kappa shape index (κ2) is 5.90. The van der Waals surface area contributed by atoms with Crippen molar-refractivity contribution in [3.8, 4) is 5.75 Å². The minimum Gasteiger partial charge on any atom is -0.506 e. The first-order chi connectivity index (χ1) is 9.38. The van der Waals surface area contributed by atoms with Gasteiger partial charge < -0.3 is 10.4 Å². The molecule has 0 aliphatic rings. The van der Waals surface area contributed by atoms with Crippen LogP contribution in [0.25, 0.3) is 0 Å². The number of non-ortho nitro benzene ring substituents is 1. The summed E-state index contributed by atoms with van der Waals surface area (Å²) in [4.78, 5) is 22.1. The van der Waals surface area contributed by atoms with Crippen LogP contribution >= 0.6 is 43.2 Å². The van der Waals surface area contributed by atoms with Crippen molar-refractivity contribution in [1.82, 2.24) is 0 Å². The molecule has 2 rings (SSSR count). The van der Waals surface area contributed by atoms with Gasteiger partial charge in [0.15, 0.2) is 0 Å². The summed E-state index contributed by atoms with van der Waals surface area (Å²) in [5, 5.41) is 22.7. The molecular weight excluding hydrogens is 416 g/mol. The molecule has 0 saturated carbocycles. The van der Waals surface area contributed by atoms with E-state index in [2.05, 4.69) is 37.2 Å². The second-order valence-electron chi connectivity index (χ2n) is 3.65. The van der Waals surface area contributed by atoms with Crippen molar-refractivity contribution >= 4 is 60.5 Å². The Labute approximate surface area is 133 Å². The predicted molar refractivity (Wildman–Crippen MR) is 82.4 cm³/mol. The summed E-state index contributed by atoms with van der Waals surface area (Å²) in [5.74, 6) is -0.719. The molecule has 0 aliphatic heterocycles. The van der Waals surface area contributed by atoms with Gasteiger partial charge in [0.1, 0.15) is 5.75 Å². The average molecular weight is 422 g/mol. The molecule has 0 atom stereocenters. The Morgan fingerprint density at radius 3 is 2.60 bits per heavy atom. The van der Waals surface area contributed by atoms with Crippen LogP contribution in [0.2, 0.25) is 0 Å². The number of nitro groups is 1. The Bertz CT molecular complexity index is 702. The first kappa shape index (κ1) is 14.9. The third kappa shape index (κ3) is 3.17. The van der Waals surface area contributed by atoms with Crippen LogP contribution in [0.5, 0.6) is 5.75 Å². The molecule has 0 unspecified atom stereocenters. The first-order valence-corrected chi connectivity index (χ1v) is 7.52. The highest BCUT2D eigenvalue weighted by Gasteiger charge is 2.17. The van der Waals surface area contributed by atoms with Crippen LogP contribution in [0.1, 0.15) is 10.4 Å². The SMILES string of the molecule is O=C(Nc1cc([N+](=O)[O-])ccc1O)c1cc(Br)sc1Br. The average Bonchev–Trinajstić information content (AvgIpc) is 2.71. The number of hydrogen-bond acceptors (Lipinski definition) is 5. The number of nitrogens with zero attached hydrogens (tertiary/aromatic N) is 1. The highest BCUT2D eigenvalue weighted by atomic mass is 79.9. The number of benzene rings is 1. The minimum atomic E-state index is -0.605. The lowest BCUT2D eigenvalue weighted by Crippen LogP contribution is -2.11. The first-order valence-electron chi connectivity index (χ1n) is 5.12. The zero-order valence-electron chi connectivity index (χ0n) is 9.59. The largest absolute Gasteiger partial charge is 0.506 e. The molecular formula is C11H6Br2N2O4S. The van der Waals surface area contributed by atoms with Crippen molar-refractivity contribution in [3.05, 3.63) is 47.5 Å². The Hall–Kier alpha value is -1.45. The van der Waals surface area contributed by atoms with Gasteiger partial charge in [-0.15, -0.1) is 11.3 Å². The van der Waals surface area contributed by atoms with Crippen LogP contribution in [0.4, 0.5) is 11.4 Å². The summed E-state index contributed by atoms with van der Waals surface area (Å²) in [5.41, 5.74) is 0.134. The number of carbonyl (C=O) groups is 1. The number of nitrogens with one attached hydrogen (secondary N) is 1. The van der Waals surface area contributed by atoms with Crippen molar-refractivity contribution in [3.63, 3.8) is 0 Å². The third-order valence-electron chi connectivity index (χ3n) is 2.34. The fourth-order valence-corrected chi connectivity index (χ4v) is 4.22. The molecule has 1 aromatic carbocycles. The topological polar surface area (TPSA) is 92.5 Å². The maximum Gasteiger partial charge on any atom is 0.271 e. The number of nitro benzene ring substituents is 1. The van der Waals surface area contributed by atoms with E-state index < -0.39 is 10.8 Å². The van der Waals surface area contributed by atoms with Gasteiger partial charge in [-0.2, -0.15) is 0 Å². The molecule has 6 nitrogen and oxygen atoms in total. The van der Waals surface area contributed by atoms with E-state index in [1.165, 1.54) is 11.3 Å². The number of anilines is 1. The Balaban J connectivity index is 2.30. The highest BCUT2D eigenvalue weighted by Crippen LogP contribution is 2.33. The molecule has 1 aromatic heterocycles. The van der Waals surface area contributed by atoms with Gasteiger partial charge in [-0.25, -0.2) is 0 Å². The fraction of sp³-hybridized carbons (Fsp3) is 0. The van der Waals surface area contributed by atoms with E-state index >= 15 is 0 Å². The molecule has 0 aliphatic carbocycles. The fourth-order valence-electron chi connectivity index (χ4n) is 1.42.